The predicted octanol–water partition coefficient (Wildman–Crippen LogP) is 4.39. The number of aryl methyl sites for hydroxylation is 2. The van der Waals surface area contributed by atoms with Crippen molar-refractivity contribution in [2.45, 2.75) is 20.5 Å². The van der Waals surface area contributed by atoms with E-state index in [1.165, 1.54) is 6.08 Å². The second-order valence-corrected chi connectivity index (χ2v) is 6.82. The minimum atomic E-state index is -0.222. The highest BCUT2D eigenvalue weighted by Gasteiger charge is 2.01. The number of pyridine rings is 1. The molecule has 0 fully saturated rings. The van der Waals surface area contributed by atoms with Crippen molar-refractivity contribution in [1.82, 2.24) is 9.97 Å². The Morgan fingerprint density at radius 3 is 2.65 bits per heavy atom. The maximum absolute atomic E-state index is 11.9. The molecule has 0 bridgehead atoms. The summed E-state index contributed by atoms with van der Waals surface area (Å²) in [5, 5.41) is 5.75. The number of anilines is 1. The molecular formula is C20H19N3O2S. The number of nitrogens with zero attached hydrogens (tertiary/aromatic N) is 2. The van der Waals surface area contributed by atoms with Crippen molar-refractivity contribution in [3.63, 3.8) is 0 Å². The average Bonchev–Trinajstić information content (AvgIpc) is 3.06. The lowest BCUT2D eigenvalue weighted by molar-refractivity contribution is -0.111. The minimum absolute atomic E-state index is 0.222. The van der Waals surface area contributed by atoms with Gasteiger partial charge >= 0.3 is 0 Å². The average molecular weight is 365 g/mol. The normalized spacial score (nSPS) is 10.8. The second kappa shape index (κ2) is 8.40. The van der Waals surface area contributed by atoms with Crippen LogP contribution >= 0.6 is 11.3 Å². The van der Waals surface area contributed by atoms with Crippen LogP contribution in [0.4, 0.5) is 5.82 Å². The summed E-state index contributed by atoms with van der Waals surface area (Å²) in [6.45, 7) is 4.37. The van der Waals surface area contributed by atoms with E-state index in [-0.39, 0.29) is 5.91 Å². The minimum Gasteiger partial charge on any atom is -0.487 e. The van der Waals surface area contributed by atoms with E-state index in [1.54, 1.807) is 29.7 Å². The third kappa shape index (κ3) is 5.26. The lowest BCUT2D eigenvalue weighted by atomic mass is 10.2. The molecule has 2 aromatic heterocycles. The summed E-state index contributed by atoms with van der Waals surface area (Å²) < 4.78 is 5.71. The molecule has 0 saturated carbocycles. The third-order valence-electron chi connectivity index (χ3n) is 3.52. The SMILES string of the molecule is Cc1ccc(NC(=O)C=Cc2ccc(OCc3csc(C)n3)cc2)nc1. The maximum atomic E-state index is 11.9. The van der Waals surface area contributed by atoms with E-state index in [4.69, 9.17) is 4.74 Å². The van der Waals surface area contributed by atoms with Gasteiger partial charge in [0.25, 0.3) is 0 Å². The number of benzene rings is 1. The third-order valence-corrected chi connectivity index (χ3v) is 4.35. The standard InChI is InChI=1S/C20H19N3O2S/c1-14-3-9-19(21-11-14)23-20(24)10-6-16-4-7-18(8-5-16)25-12-17-13-26-15(2)22-17/h3-11,13H,12H2,1-2H3,(H,21,23,24). The molecule has 3 rings (SSSR count). The summed E-state index contributed by atoms with van der Waals surface area (Å²) in [5.41, 5.74) is 2.89. The van der Waals surface area contributed by atoms with E-state index in [0.29, 0.717) is 12.4 Å². The Labute approximate surface area is 156 Å². The Kier molecular flexibility index (Phi) is 5.76. The second-order valence-electron chi connectivity index (χ2n) is 5.76. The Morgan fingerprint density at radius 2 is 2.00 bits per heavy atom. The van der Waals surface area contributed by atoms with Crippen LogP contribution in [0.5, 0.6) is 5.75 Å². The van der Waals surface area contributed by atoms with Gasteiger partial charge in [0.2, 0.25) is 5.91 Å². The smallest absolute Gasteiger partial charge is 0.249 e. The number of carbonyl (C=O) groups is 1. The molecule has 1 aromatic carbocycles. The molecule has 0 atom stereocenters. The van der Waals surface area contributed by atoms with Crippen molar-refractivity contribution in [2.24, 2.45) is 0 Å². The molecular weight excluding hydrogens is 346 g/mol. The molecule has 0 radical (unpaired) electrons. The van der Waals surface area contributed by atoms with Crippen molar-refractivity contribution in [2.75, 3.05) is 5.32 Å². The first-order chi connectivity index (χ1) is 12.6. The highest BCUT2D eigenvalue weighted by atomic mass is 32.1. The number of hydrogen-bond acceptors (Lipinski definition) is 5. The van der Waals surface area contributed by atoms with Crippen LogP contribution in [-0.2, 0) is 11.4 Å². The van der Waals surface area contributed by atoms with Gasteiger partial charge in [0.05, 0.1) is 10.7 Å². The zero-order chi connectivity index (χ0) is 18.4. The van der Waals surface area contributed by atoms with Gasteiger partial charge in [-0.1, -0.05) is 18.2 Å². The van der Waals surface area contributed by atoms with E-state index in [9.17, 15) is 4.79 Å². The Bertz CT molecular complexity index is 900. The Balaban J connectivity index is 1.52. The Hall–Kier alpha value is -2.99. The fourth-order valence-corrected chi connectivity index (χ4v) is 2.79. The topological polar surface area (TPSA) is 64.1 Å². The molecule has 1 N–H and O–H groups in total. The van der Waals surface area contributed by atoms with Crippen LogP contribution in [0.2, 0.25) is 0 Å². The molecule has 1 amide bonds. The first-order valence-electron chi connectivity index (χ1n) is 8.14. The van der Waals surface area contributed by atoms with Gasteiger partial charge in [-0.25, -0.2) is 9.97 Å². The zero-order valence-corrected chi connectivity index (χ0v) is 15.4. The lowest BCUT2D eigenvalue weighted by Crippen LogP contribution is -2.08. The Morgan fingerprint density at radius 1 is 1.19 bits per heavy atom. The molecule has 132 valence electrons. The zero-order valence-electron chi connectivity index (χ0n) is 14.6. The number of nitrogens with one attached hydrogen (secondary N) is 1. The quantitative estimate of drug-likeness (QED) is 0.658. The fraction of sp³-hybridized carbons (Fsp3) is 0.150. The molecule has 2 heterocycles. The van der Waals surface area contributed by atoms with Crippen molar-refractivity contribution < 1.29 is 9.53 Å². The van der Waals surface area contributed by atoms with Crippen LogP contribution in [-0.4, -0.2) is 15.9 Å². The summed E-state index contributed by atoms with van der Waals surface area (Å²) in [6, 6.07) is 11.2. The summed E-state index contributed by atoms with van der Waals surface area (Å²) in [7, 11) is 0. The number of thiazole rings is 1. The van der Waals surface area contributed by atoms with E-state index in [0.717, 1.165) is 27.6 Å². The van der Waals surface area contributed by atoms with Crippen LogP contribution in [0.3, 0.4) is 0 Å². The van der Waals surface area contributed by atoms with Gasteiger partial charge in [-0.2, -0.15) is 0 Å². The van der Waals surface area contributed by atoms with E-state index in [1.807, 2.05) is 49.6 Å². The summed E-state index contributed by atoms with van der Waals surface area (Å²) in [4.78, 5) is 20.4. The predicted molar refractivity (Wildman–Crippen MR) is 104 cm³/mol. The molecule has 26 heavy (non-hydrogen) atoms. The molecule has 0 saturated heterocycles. The number of ether oxygens (including phenoxy) is 1. The maximum Gasteiger partial charge on any atom is 0.249 e. The number of aromatic nitrogens is 2. The van der Waals surface area contributed by atoms with Gasteiger partial charge in [0.15, 0.2) is 0 Å². The molecule has 0 aliphatic heterocycles. The van der Waals surface area contributed by atoms with Gasteiger partial charge in [-0.3, -0.25) is 4.79 Å². The first kappa shape index (κ1) is 17.8. The largest absolute Gasteiger partial charge is 0.487 e. The van der Waals surface area contributed by atoms with Gasteiger partial charge in [0, 0.05) is 17.7 Å². The van der Waals surface area contributed by atoms with Crippen LogP contribution < -0.4 is 10.1 Å². The lowest BCUT2D eigenvalue weighted by Gasteiger charge is -2.04. The van der Waals surface area contributed by atoms with Gasteiger partial charge < -0.3 is 10.1 Å². The number of carbonyl (C=O) groups excluding carboxylic acids is 1. The molecule has 0 unspecified atom stereocenters. The first-order valence-corrected chi connectivity index (χ1v) is 9.02. The highest BCUT2D eigenvalue weighted by molar-refractivity contribution is 7.09. The van der Waals surface area contributed by atoms with Crippen LogP contribution in [0.1, 0.15) is 21.8 Å². The van der Waals surface area contributed by atoms with Crippen LogP contribution in [0.15, 0.2) is 54.1 Å². The number of rotatable bonds is 6. The monoisotopic (exact) mass is 365 g/mol. The van der Waals surface area contributed by atoms with Crippen molar-refractivity contribution in [3.05, 3.63) is 75.9 Å². The van der Waals surface area contributed by atoms with E-state index >= 15 is 0 Å². The van der Waals surface area contributed by atoms with Gasteiger partial charge in [-0.15, -0.1) is 11.3 Å². The summed E-state index contributed by atoms with van der Waals surface area (Å²) >= 11 is 1.61. The number of amides is 1. The molecule has 0 spiro atoms. The van der Waals surface area contributed by atoms with Crippen LogP contribution in [0, 0.1) is 13.8 Å². The van der Waals surface area contributed by atoms with E-state index < -0.39 is 0 Å². The fourth-order valence-electron chi connectivity index (χ4n) is 2.19. The highest BCUT2D eigenvalue weighted by Crippen LogP contribution is 2.16. The molecule has 3 aromatic rings. The van der Waals surface area contributed by atoms with Crippen molar-refractivity contribution in [1.29, 1.82) is 0 Å². The molecule has 0 aliphatic rings. The molecule has 0 aliphatic carbocycles. The van der Waals surface area contributed by atoms with Gasteiger partial charge in [0.1, 0.15) is 18.2 Å². The molecule has 6 heteroatoms. The molecule has 5 nitrogen and oxygen atoms in total. The van der Waals surface area contributed by atoms with Crippen LogP contribution in [0.25, 0.3) is 6.08 Å². The summed E-state index contributed by atoms with van der Waals surface area (Å²) in [6.07, 6.45) is 4.94. The van der Waals surface area contributed by atoms with Gasteiger partial charge in [-0.05, 0) is 49.2 Å². The van der Waals surface area contributed by atoms with Crippen molar-refractivity contribution in [3.8, 4) is 5.75 Å². The van der Waals surface area contributed by atoms with E-state index in [2.05, 4.69) is 15.3 Å². The summed E-state index contributed by atoms with van der Waals surface area (Å²) in [5.74, 6) is 1.08. The number of hydrogen-bond donors (Lipinski definition) is 1. The van der Waals surface area contributed by atoms with Crippen molar-refractivity contribution >= 4 is 29.1 Å².